The van der Waals surface area contributed by atoms with E-state index >= 15 is 0 Å². The second kappa shape index (κ2) is 10.4. The largest absolute Gasteiger partial charge is 0.470 e. The molecule has 0 amide bonds. The third kappa shape index (κ3) is 14.6. The van der Waals surface area contributed by atoms with E-state index in [2.05, 4.69) is 9.05 Å². The fourth-order valence-electron chi connectivity index (χ4n) is 1.33. The van der Waals surface area contributed by atoms with E-state index < -0.39 is 40.9 Å². The van der Waals surface area contributed by atoms with Gasteiger partial charge in [0.05, 0.1) is 6.61 Å². The number of phosphoric acid groups is 2. The predicted molar refractivity (Wildman–Crippen MR) is 73.4 cm³/mol. The average Bonchev–Trinajstić information content (AvgIpc) is 2.35. The number of ether oxygens (including phenoxy) is 1. The Morgan fingerprint density at radius 2 is 1.64 bits per heavy atom. The summed E-state index contributed by atoms with van der Waals surface area (Å²) in [6.07, 6.45) is 0.602. The summed E-state index contributed by atoms with van der Waals surface area (Å²) in [7, 11) is -9.78. The molecule has 0 aliphatic rings. The summed E-state index contributed by atoms with van der Waals surface area (Å²) in [5, 5.41) is 0. The second-order valence-corrected chi connectivity index (χ2v) is 6.72. The zero-order valence-electron chi connectivity index (χ0n) is 11.7. The Morgan fingerprint density at radius 1 is 1.00 bits per heavy atom. The van der Waals surface area contributed by atoms with Crippen molar-refractivity contribution in [3.63, 3.8) is 0 Å². The van der Waals surface area contributed by atoms with E-state index in [1.54, 1.807) is 0 Å². The standard InChI is InChI=1S/C9H21NO10P2/c10-5-3-1-2-4-9(11)18-6-8(20-22(15,16)17)7-19-21(12,13)14/h8H,1-7,10H2,(H2,12,13,14)(H2,15,16,17)/t8-/m1/s1. The summed E-state index contributed by atoms with van der Waals surface area (Å²) in [5.74, 6) is -0.632. The highest BCUT2D eigenvalue weighted by Gasteiger charge is 2.26. The smallest absolute Gasteiger partial charge is 0.463 e. The highest BCUT2D eigenvalue weighted by atomic mass is 31.2. The lowest BCUT2D eigenvalue weighted by Gasteiger charge is -2.18. The summed E-state index contributed by atoms with van der Waals surface area (Å²) >= 11 is 0. The topological polar surface area (TPSA) is 186 Å². The molecule has 6 N–H and O–H groups in total. The molecule has 0 saturated heterocycles. The van der Waals surface area contributed by atoms with Crippen molar-refractivity contribution in [2.75, 3.05) is 19.8 Å². The molecular weight excluding hydrogens is 344 g/mol. The molecule has 0 rings (SSSR count). The van der Waals surface area contributed by atoms with Gasteiger partial charge in [-0.1, -0.05) is 6.42 Å². The van der Waals surface area contributed by atoms with Crippen LogP contribution in [0, 0.1) is 0 Å². The van der Waals surface area contributed by atoms with Crippen LogP contribution >= 0.6 is 15.6 Å². The van der Waals surface area contributed by atoms with Crippen molar-refractivity contribution >= 4 is 21.6 Å². The van der Waals surface area contributed by atoms with Gasteiger partial charge in [0.2, 0.25) is 0 Å². The number of rotatable bonds is 12. The molecule has 0 aromatic heterocycles. The molecule has 13 heteroatoms. The van der Waals surface area contributed by atoms with Crippen LogP contribution in [0.15, 0.2) is 0 Å². The molecule has 0 spiro atoms. The predicted octanol–water partition coefficient (Wildman–Crippen LogP) is -0.364. The molecule has 0 fully saturated rings. The van der Waals surface area contributed by atoms with E-state index in [-0.39, 0.29) is 6.42 Å². The maximum absolute atomic E-state index is 11.4. The lowest BCUT2D eigenvalue weighted by atomic mass is 10.2. The minimum atomic E-state index is -4.93. The van der Waals surface area contributed by atoms with Crippen LogP contribution < -0.4 is 5.73 Å². The molecule has 0 bridgehead atoms. The summed E-state index contributed by atoms with van der Waals surface area (Å²) in [5.41, 5.74) is 5.29. The Bertz CT molecular complexity index is 419. The van der Waals surface area contributed by atoms with E-state index in [9.17, 15) is 13.9 Å². The van der Waals surface area contributed by atoms with Gasteiger partial charge in [0.25, 0.3) is 0 Å². The van der Waals surface area contributed by atoms with E-state index in [4.69, 9.17) is 30.0 Å². The molecule has 132 valence electrons. The fraction of sp³-hybridized carbons (Fsp3) is 0.889. The first-order valence-corrected chi connectivity index (χ1v) is 9.39. The highest BCUT2D eigenvalue weighted by Crippen LogP contribution is 2.40. The summed E-state index contributed by atoms with van der Waals surface area (Å²) in [6, 6.07) is 0. The highest BCUT2D eigenvalue weighted by molar-refractivity contribution is 7.46. The fourth-order valence-corrected chi connectivity index (χ4v) is 2.20. The number of hydrogen-bond donors (Lipinski definition) is 5. The Kier molecular flexibility index (Phi) is 10.3. The number of nitrogens with two attached hydrogens (primary N) is 1. The van der Waals surface area contributed by atoms with E-state index in [0.29, 0.717) is 13.0 Å². The van der Waals surface area contributed by atoms with Gasteiger partial charge in [-0.15, -0.1) is 0 Å². The van der Waals surface area contributed by atoms with Crippen LogP contribution in [-0.2, 0) is 27.7 Å². The number of hydrogen-bond acceptors (Lipinski definition) is 7. The summed E-state index contributed by atoms with van der Waals surface area (Å²) < 4.78 is 34.3. The van der Waals surface area contributed by atoms with Crippen molar-refractivity contribution < 1.29 is 47.3 Å². The van der Waals surface area contributed by atoms with Crippen molar-refractivity contribution in [1.29, 1.82) is 0 Å². The third-order valence-corrected chi connectivity index (χ3v) is 3.29. The number of unbranched alkanes of at least 4 members (excludes halogenated alkanes) is 2. The van der Waals surface area contributed by atoms with Crippen LogP contribution in [0.4, 0.5) is 0 Å². The minimum Gasteiger partial charge on any atom is -0.463 e. The number of esters is 1. The Hall–Kier alpha value is -0.350. The van der Waals surface area contributed by atoms with Gasteiger partial charge < -0.3 is 30.0 Å². The quantitative estimate of drug-likeness (QED) is 0.173. The Morgan fingerprint density at radius 3 is 2.14 bits per heavy atom. The molecule has 11 nitrogen and oxygen atoms in total. The van der Waals surface area contributed by atoms with Gasteiger partial charge in [-0.3, -0.25) is 13.8 Å². The van der Waals surface area contributed by atoms with Crippen molar-refractivity contribution in [3.05, 3.63) is 0 Å². The van der Waals surface area contributed by atoms with Gasteiger partial charge in [0.1, 0.15) is 12.7 Å². The van der Waals surface area contributed by atoms with Crippen molar-refractivity contribution in [2.45, 2.75) is 31.8 Å². The molecule has 0 unspecified atom stereocenters. The molecule has 0 aromatic rings. The van der Waals surface area contributed by atoms with Crippen LogP contribution in [0.2, 0.25) is 0 Å². The lowest BCUT2D eigenvalue weighted by molar-refractivity contribution is -0.147. The van der Waals surface area contributed by atoms with Crippen LogP contribution in [0.1, 0.15) is 25.7 Å². The monoisotopic (exact) mass is 365 g/mol. The lowest BCUT2D eigenvalue weighted by Crippen LogP contribution is -2.26. The van der Waals surface area contributed by atoms with Crippen LogP contribution in [-0.4, -0.2) is 51.4 Å². The van der Waals surface area contributed by atoms with Crippen molar-refractivity contribution in [1.82, 2.24) is 0 Å². The number of carbonyl (C=O) groups is 1. The SMILES string of the molecule is NCCCCCC(=O)OC[C@H](COP(=O)(O)O)OP(=O)(O)O. The Balaban J connectivity index is 4.24. The molecule has 0 aliphatic carbocycles. The molecule has 0 aliphatic heterocycles. The Labute approximate surface area is 127 Å². The van der Waals surface area contributed by atoms with E-state index in [0.717, 1.165) is 12.8 Å². The van der Waals surface area contributed by atoms with Crippen LogP contribution in [0.5, 0.6) is 0 Å². The van der Waals surface area contributed by atoms with E-state index in [1.807, 2.05) is 0 Å². The van der Waals surface area contributed by atoms with Crippen molar-refractivity contribution in [2.24, 2.45) is 5.73 Å². The molecule has 22 heavy (non-hydrogen) atoms. The molecule has 0 saturated carbocycles. The van der Waals surface area contributed by atoms with Gasteiger partial charge in [-0.25, -0.2) is 9.13 Å². The van der Waals surface area contributed by atoms with Gasteiger partial charge in [0.15, 0.2) is 0 Å². The van der Waals surface area contributed by atoms with Gasteiger partial charge >= 0.3 is 21.6 Å². The minimum absolute atomic E-state index is 0.0853. The number of phosphoric ester groups is 2. The van der Waals surface area contributed by atoms with Crippen LogP contribution in [0.3, 0.4) is 0 Å². The first-order chi connectivity index (χ1) is 10.0. The zero-order valence-corrected chi connectivity index (χ0v) is 13.5. The summed E-state index contributed by atoms with van der Waals surface area (Å²) in [6.45, 7) is -0.955. The van der Waals surface area contributed by atoms with Gasteiger partial charge in [-0.05, 0) is 19.4 Å². The molecule has 1 atom stereocenters. The first kappa shape index (κ1) is 21.6. The maximum atomic E-state index is 11.4. The van der Waals surface area contributed by atoms with Crippen LogP contribution in [0.25, 0.3) is 0 Å². The van der Waals surface area contributed by atoms with E-state index in [1.165, 1.54) is 0 Å². The number of carbonyl (C=O) groups excluding carboxylic acids is 1. The molecule has 0 radical (unpaired) electrons. The van der Waals surface area contributed by atoms with Crippen molar-refractivity contribution in [3.8, 4) is 0 Å². The normalized spacial score (nSPS) is 13.9. The average molecular weight is 365 g/mol. The molecule has 0 heterocycles. The molecular formula is C9H21NO10P2. The second-order valence-electron chi connectivity index (χ2n) is 4.29. The molecule has 0 aromatic carbocycles. The first-order valence-electron chi connectivity index (χ1n) is 6.33. The maximum Gasteiger partial charge on any atom is 0.470 e. The third-order valence-electron chi connectivity index (χ3n) is 2.23. The summed E-state index contributed by atoms with van der Waals surface area (Å²) in [4.78, 5) is 45.8. The van der Waals surface area contributed by atoms with Gasteiger partial charge in [-0.2, -0.15) is 0 Å². The zero-order chi connectivity index (χ0) is 17.2. The van der Waals surface area contributed by atoms with Gasteiger partial charge in [0, 0.05) is 6.42 Å².